The number of anilines is 1. The summed E-state index contributed by atoms with van der Waals surface area (Å²) in [7, 11) is 0. The van der Waals surface area contributed by atoms with Gasteiger partial charge < -0.3 is 5.32 Å². The van der Waals surface area contributed by atoms with Crippen molar-refractivity contribution in [1.29, 1.82) is 5.26 Å². The highest BCUT2D eigenvalue weighted by Gasteiger charge is 2.20. The molecule has 1 aromatic heterocycles. The first-order valence-corrected chi connectivity index (χ1v) is 7.37. The molecule has 0 aliphatic carbocycles. The lowest BCUT2D eigenvalue weighted by Crippen LogP contribution is -2.34. The van der Waals surface area contributed by atoms with Gasteiger partial charge in [0.15, 0.2) is 5.69 Å². The summed E-state index contributed by atoms with van der Waals surface area (Å²) < 4.78 is 0. The van der Waals surface area contributed by atoms with Gasteiger partial charge in [0.1, 0.15) is 11.9 Å². The van der Waals surface area contributed by atoms with Crippen molar-refractivity contribution in [3.05, 3.63) is 29.7 Å². The van der Waals surface area contributed by atoms with Crippen molar-refractivity contribution in [3.8, 4) is 6.07 Å². The normalized spacial score (nSPS) is 16.2. The number of rotatable bonds is 4. The number of nitrogens with one attached hydrogen (secondary N) is 1. The molecule has 0 bridgehead atoms. The summed E-state index contributed by atoms with van der Waals surface area (Å²) in [6.45, 7) is 10.8. The zero-order valence-corrected chi connectivity index (χ0v) is 13.1. The van der Waals surface area contributed by atoms with Crippen LogP contribution in [0.3, 0.4) is 0 Å². The molecule has 0 spiro atoms. The van der Waals surface area contributed by atoms with Gasteiger partial charge in [0, 0.05) is 26.2 Å². The minimum atomic E-state index is 0.294. The highest BCUT2D eigenvalue weighted by atomic mass is 15.1. The maximum atomic E-state index is 8.67. The zero-order chi connectivity index (χ0) is 15.3. The van der Waals surface area contributed by atoms with Crippen LogP contribution in [0.1, 0.15) is 32.9 Å². The topological polar surface area (TPSA) is 64.8 Å². The molecule has 1 aliphatic rings. The van der Waals surface area contributed by atoms with Gasteiger partial charge in [-0.2, -0.15) is 5.26 Å². The van der Waals surface area contributed by atoms with E-state index >= 15 is 0 Å². The van der Waals surface area contributed by atoms with E-state index in [1.165, 1.54) is 6.20 Å². The van der Waals surface area contributed by atoms with Crippen LogP contribution in [-0.4, -0.2) is 41.0 Å². The van der Waals surface area contributed by atoms with Crippen LogP contribution < -0.4 is 5.32 Å². The first kappa shape index (κ1) is 15.5. The molecule has 0 saturated heterocycles. The van der Waals surface area contributed by atoms with Crippen molar-refractivity contribution < 1.29 is 0 Å². The second-order valence-corrected chi connectivity index (χ2v) is 6.36. The molecule has 0 radical (unpaired) electrons. The molecule has 0 fully saturated rings. The summed E-state index contributed by atoms with van der Waals surface area (Å²) >= 11 is 0. The molecule has 1 aliphatic heterocycles. The Bertz CT molecular complexity index is 533. The van der Waals surface area contributed by atoms with Gasteiger partial charge in [-0.15, -0.1) is 0 Å². The third kappa shape index (κ3) is 4.54. The van der Waals surface area contributed by atoms with Gasteiger partial charge in [-0.1, -0.05) is 32.4 Å². The number of nitriles is 1. The third-order valence-corrected chi connectivity index (χ3v) is 3.76. The summed E-state index contributed by atoms with van der Waals surface area (Å²) in [5, 5.41) is 11.9. The Morgan fingerprint density at radius 3 is 2.67 bits per heavy atom. The first-order chi connectivity index (χ1) is 9.99. The van der Waals surface area contributed by atoms with E-state index in [1.807, 2.05) is 6.07 Å². The lowest BCUT2D eigenvalue weighted by atomic mass is 9.83. The van der Waals surface area contributed by atoms with Crippen LogP contribution in [-0.2, 0) is 0 Å². The zero-order valence-electron chi connectivity index (χ0n) is 13.1. The molecular formula is C16H23N5. The van der Waals surface area contributed by atoms with Crippen molar-refractivity contribution in [2.45, 2.75) is 27.2 Å². The van der Waals surface area contributed by atoms with Crippen LogP contribution >= 0.6 is 0 Å². The van der Waals surface area contributed by atoms with E-state index in [4.69, 9.17) is 5.26 Å². The Kier molecular flexibility index (Phi) is 4.92. The Hall–Kier alpha value is -1.93. The van der Waals surface area contributed by atoms with Gasteiger partial charge >= 0.3 is 0 Å². The van der Waals surface area contributed by atoms with Crippen LogP contribution in [0.2, 0.25) is 0 Å². The molecule has 21 heavy (non-hydrogen) atoms. The quantitative estimate of drug-likeness (QED) is 0.861. The Balaban J connectivity index is 1.75. The molecule has 5 nitrogen and oxygen atoms in total. The second kappa shape index (κ2) is 6.68. The molecule has 112 valence electrons. The third-order valence-electron chi connectivity index (χ3n) is 3.76. The van der Waals surface area contributed by atoms with E-state index < -0.39 is 0 Å². The number of hydrogen-bond donors (Lipinski definition) is 1. The molecule has 1 N–H and O–H groups in total. The van der Waals surface area contributed by atoms with Crippen LogP contribution in [0.5, 0.6) is 0 Å². The van der Waals surface area contributed by atoms with E-state index in [2.05, 4.69) is 47.0 Å². The van der Waals surface area contributed by atoms with Gasteiger partial charge in [-0.05, 0) is 11.8 Å². The van der Waals surface area contributed by atoms with E-state index in [1.54, 1.807) is 11.8 Å². The van der Waals surface area contributed by atoms with E-state index in [0.717, 1.165) is 38.4 Å². The van der Waals surface area contributed by atoms with Crippen LogP contribution in [0.25, 0.3) is 0 Å². The Labute approximate surface area is 126 Å². The average Bonchev–Trinajstić information content (AvgIpc) is 2.47. The molecule has 0 aromatic carbocycles. The molecule has 0 atom stereocenters. The van der Waals surface area contributed by atoms with Gasteiger partial charge in [-0.25, -0.2) is 9.97 Å². The highest BCUT2D eigenvalue weighted by molar-refractivity contribution is 5.33. The van der Waals surface area contributed by atoms with E-state index in [9.17, 15) is 0 Å². The Morgan fingerprint density at radius 1 is 1.33 bits per heavy atom. The monoisotopic (exact) mass is 285 g/mol. The van der Waals surface area contributed by atoms with E-state index in [-0.39, 0.29) is 0 Å². The fraction of sp³-hybridized carbons (Fsp3) is 0.562. The molecule has 5 heteroatoms. The van der Waals surface area contributed by atoms with Crippen LogP contribution in [0, 0.1) is 16.7 Å². The predicted octanol–water partition coefficient (Wildman–Crippen LogP) is 2.44. The summed E-state index contributed by atoms with van der Waals surface area (Å²) in [6.07, 6.45) is 6.61. The fourth-order valence-electron chi connectivity index (χ4n) is 2.41. The smallest absolute Gasteiger partial charge is 0.158 e. The molecule has 0 amide bonds. The van der Waals surface area contributed by atoms with Crippen LogP contribution in [0.4, 0.5) is 5.82 Å². The first-order valence-electron chi connectivity index (χ1n) is 7.37. The van der Waals surface area contributed by atoms with Crippen molar-refractivity contribution in [3.63, 3.8) is 0 Å². The van der Waals surface area contributed by atoms with Crippen molar-refractivity contribution >= 4 is 5.82 Å². The van der Waals surface area contributed by atoms with Gasteiger partial charge in [0.25, 0.3) is 0 Å². The lowest BCUT2D eigenvalue weighted by molar-refractivity contribution is 0.288. The van der Waals surface area contributed by atoms with Gasteiger partial charge in [0.05, 0.1) is 12.4 Å². The van der Waals surface area contributed by atoms with Crippen LogP contribution in [0.15, 0.2) is 24.0 Å². The predicted molar refractivity (Wildman–Crippen MR) is 83.8 cm³/mol. The SMILES string of the molecule is CC(C)(C)C1=CCN(CCNc2cnc(C#N)cn2)CC1. The molecule has 2 heterocycles. The van der Waals surface area contributed by atoms with E-state index in [0.29, 0.717) is 11.1 Å². The average molecular weight is 285 g/mol. The largest absolute Gasteiger partial charge is 0.368 e. The van der Waals surface area contributed by atoms with Gasteiger partial charge in [-0.3, -0.25) is 4.90 Å². The second-order valence-electron chi connectivity index (χ2n) is 6.36. The van der Waals surface area contributed by atoms with Gasteiger partial charge in [0.2, 0.25) is 0 Å². The van der Waals surface area contributed by atoms with Crippen molar-refractivity contribution in [2.75, 3.05) is 31.5 Å². The number of nitrogens with zero attached hydrogens (tertiary/aromatic N) is 4. The maximum Gasteiger partial charge on any atom is 0.158 e. The summed E-state index contributed by atoms with van der Waals surface area (Å²) in [5.41, 5.74) is 2.20. The van der Waals surface area contributed by atoms with Crippen molar-refractivity contribution in [1.82, 2.24) is 14.9 Å². The summed E-state index contributed by atoms with van der Waals surface area (Å²) in [6, 6.07) is 1.96. The molecule has 1 aromatic rings. The Morgan fingerprint density at radius 2 is 2.14 bits per heavy atom. The summed E-state index contributed by atoms with van der Waals surface area (Å²) in [4.78, 5) is 10.6. The fourth-order valence-corrected chi connectivity index (χ4v) is 2.41. The molecule has 2 rings (SSSR count). The highest BCUT2D eigenvalue weighted by Crippen LogP contribution is 2.29. The lowest BCUT2D eigenvalue weighted by Gasteiger charge is -2.32. The summed E-state index contributed by atoms with van der Waals surface area (Å²) in [5.74, 6) is 0.719. The number of aromatic nitrogens is 2. The van der Waals surface area contributed by atoms with Crippen molar-refractivity contribution in [2.24, 2.45) is 5.41 Å². The molecule has 0 unspecified atom stereocenters. The minimum absolute atomic E-state index is 0.294. The standard InChI is InChI=1S/C16H23N5/c1-16(2,3)13-4-7-21(8-5-13)9-6-18-15-12-19-14(10-17)11-20-15/h4,11-12H,5-9H2,1-3H3,(H,18,20). The molecular weight excluding hydrogens is 262 g/mol. The number of hydrogen-bond acceptors (Lipinski definition) is 5. The molecule has 0 saturated carbocycles. The minimum Gasteiger partial charge on any atom is -0.368 e. The maximum absolute atomic E-state index is 8.67.